The molecule has 7 heteroatoms. The van der Waals surface area contributed by atoms with E-state index in [2.05, 4.69) is 5.32 Å². The number of methoxy groups -OCH3 is 1. The highest BCUT2D eigenvalue weighted by molar-refractivity contribution is 8.18. The normalized spacial score (nSPS) is 16.2. The quantitative estimate of drug-likeness (QED) is 0.569. The zero-order valence-corrected chi connectivity index (χ0v) is 14.8. The minimum Gasteiger partial charge on any atom is -0.385 e. The van der Waals surface area contributed by atoms with Gasteiger partial charge in [-0.1, -0.05) is 42.5 Å². The van der Waals surface area contributed by atoms with Crippen LogP contribution in [0.3, 0.4) is 0 Å². The van der Waals surface area contributed by atoms with Gasteiger partial charge in [-0.15, -0.1) is 0 Å². The highest BCUT2D eigenvalue weighted by atomic mass is 32.2. The van der Waals surface area contributed by atoms with E-state index < -0.39 is 11.1 Å². The van der Waals surface area contributed by atoms with Gasteiger partial charge in [0, 0.05) is 20.3 Å². The van der Waals surface area contributed by atoms with Crippen molar-refractivity contribution >= 4 is 34.9 Å². The number of carbonyl (C=O) groups excluding carboxylic acids is 3. The van der Waals surface area contributed by atoms with Gasteiger partial charge in [-0.3, -0.25) is 19.3 Å². The molecular weight excluding hydrogens is 340 g/mol. The van der Waals surface area contributed by atoms with Crippen LogP contribution < -0.4 is 5.32 Å². The monoisotopic (exact) mass is 360 g/mol. The number of ether oxygens (including phenoxy) is 1. The second kappa shape index (κ2) is 9.80. The number of hydrogen-bond acceptors (Lipinski definition) is 5. The molecule has 0 unspecified atom stereocenters. The standard InChI is InChI=1S/C18H20N2O4S/c1-24-12-6-11-19-16(21)13-20-17(22)15(25-18(20)23)10-5-9-14-7-3-2-4-8-14/h2-5,7-10H,6,11-13H2,1H3,(H,19,21)/b9-5+,15-10-. The number of benzene rings is 1. The maximum atomic E-state index is 12.3. The summed E-state index contributed by atoms with van der Waals surface area (Å²) in [5.41, 5.74) is 0.994. The molecule has 3 amide bonds. The van der Waals surface area contributed by atoms with Crippen LogP contribution in [0.1, 0.15) is 12.0 Å². The molecule has 1 aliphatic rings. The SMILES string of the molecule is COCCCNC(=O)CN1C(=O)S/C(=C\C=C\c2ccccc2)C1=O. The number of imide groups is 1. The van der Waals surface area contributed by atoms with E-state index in [1.54, 1.807) is 19.3 Å². The number of allylic oxidation sites excluding steroid dienone is 2. The Balaban J connectivity index is 1.89. The topological polar surface area (TPSA) is 75.7 Å². The fourth-order valence-electron chi connectivity index (χ4n) is 2.10. The first kappa shape index (κ1) is 19.0. The molecular formula is C18H20N2O4S. The van der Waals surface area contributed by atoms with Crippen LogP contribution in [0.25, 0.3) is 6.08 Å². The second-order valence-electron chi connectivity index (χ2n) is 5.26. The van der Waals surface area contributed by atoms with Crippen molar-refractivity contribution in [3.05, 3.63) is 53.0 Å². The first-order valence-electron chi connectivity index (χ1n) is 7.84. The molecule has 6 nitrogen and oxygen atoms in total. The van der Waals surface area contributed by atoms with E-state index in [1.165, 1.54) is 0 Å². The summed E-state index contributed by atoms with van der Waals surface area (Å²) >= 11 is 0.838. The molecule has 0 atom stereocenters. The lowest BCUT2D eigenvalue weighted by atomic mass is 10.2. The molecule has 1 aliphatic heterocycles. The molecule has 2 rings (SSSR count). The van der Waals surface area contributed by atoms with E-state index in [-0.39, 0.29) is 12.5 Å². The van der Waals surface area contributed by atoms with E-state index in [1.807, 2.05) is 36.4 Å². The van der Waals surface area contributed by atoms with Gasteiger partial charge in [0.1, 0.15) is 6.54 Å². The van der Waals surface area contributed by atoms with E-state index >= 15 is 0 Å². The van der Waals surface area contributed by atoms with E-state index in [0.29, 0.717) is 24.5 Å². The van der Waals surface area contributed by atoms with Crippen LogP contribution in [0, 0.1) is 0 Å². The molecule has 1 aromatic rings. The van der Waals surface area contributed by atoms with Crippen LogP contribution in [0.15, 0.2) is 47.4 Å². The number of nitrogens with zero attached hydrogens (tertiary/aromatic N) is 1. The van der Waals surface area contributed by atoms with Crippen LogP contribution in [0.2, 0.25) is 0 Å². The summed E-state index contributed by atoms with van der Waals surface area (Å²) in [6, 6.07) is 9.62. The Morgan fingerprint density at radius 3 is 2.76 bits per heavy atom. The van der Waals surface area contributed by atoms with Gasteiger partial charge in [0.25, 0.3) is 11.1 Å². The molecule has 0 aromatic heterocycles. The molecule has 1 saturated heterocycles. The van der Waals surface area contributed by atoms with Crippen molar-refractivity contribution in [3.8, 4) is 0 Å². The number of rotatable bonds is 8. The van der Waals surface area contributed by atoms with E-state index in [4.69, 9.17) is 4.74 Å². The van der Waals surface area contributed by atoms with Crippen molar-refractivity contribution in [2.24, 2.45) is 0 Å². The van der Waals surface area contributed by atoms with Crippen molar-refractivity contribution in [2.75, 3.05) is 26.8 Å². The van der Waals surface area contributed by atoms with Gasteiger partial charge in [-0.25, -0.2) is 0 Å². The predicted molar refractivity (Wildman–Crippen MR) is 97.8 cm³/mol. The summed E-state index contributed by atoms with van der Waals surface area (Å²) in [5.74, 6) is -0.806. The first-order chi connectivity index (χ1) is 12.1. The van der Waals surface area contributed by atoms with Crippen molar-refractivity contribution < 1.29 is 19.1 Å². The third kappa shape index (κ3) is 5.88. The summed E-state index contributed by atoms with van der Waals surface area (Å²) in [6.07, 6.45) is 5.83. The Morgan fingerprint density at radius 1 is 1.28 bits per heavy atom. The number of nitrogens with one attached hydrogen (secondary N) is 1. The lowest BCUT2D eigenvalue weighted by molar-refractivity contribution is -0.129. The average molecular weight is 360 g/mol. The lowest BCUT2D eigenvalue weighted by Gasteiger charge is -2.12. The van der Waals surface area contributed by atoms with E-state index in [0.717, 1.165) is 22.2 Å². The fraction of sp³-hybridized carbons (Fsp3) is 0.278. The molecule has 0 aliphatic carbocycles. The van der Waals surface area contributed by atoms with Gasteiger partial charge in [0.15, 0.2) is 0 Å². The van der Waals surface area contributed by atoms with Gasteiger partial charge in [-0.05, 0) is 29.8 Å². The van der Waals surface area contributed by atoms with Crippen LogP contribution in [-0.4, -0.2) is 48.8 Å². The summed E-state index contributed by atoms with van der Waals surface area (Å²) in [4.78, 5) is 37.3. The smallest absolute Gasteiger partial charge is 0.294 e. The van der Waals surface area contributed by atoms with Gasteiger partial charge in [0.2, 0.25) is 5.91 Å². The predicted octanol–water partition coefficient (Wildman–Crippen LogP) is 2.43. The average Bonchev–Trinajstić information content (AvgIpc) is 2.87. The highest BCUT2D eigenvalue weighted by Gasteiger charge is 2.35. The van der Waals surface area contributed by atoms with Gasteiger partial charge in [0.05, 0.1) is 4.91 Å². The highest BCUT2D eigenvalue weighted by Crippen LogP contribution is 2.30. The summed E-state index contributed by atoms with van der Waals surface area (Å²) in [5, 5.41) is 2.22. The Hall–Kier alpha value is -2.38. The number of hydrogen-bond donors (Lipinski definition) is 1. The Bertz CT molecular complexity index is 686. The number of carbonyl (C=O) groups is 3. The second-order valence-corrected chi connectivity index (χ2v) is 6.25. The van der Waals surface area contributed by atoms with Crippen molar-refractivity contribution in [1.29, 1.82) is 0 Å². The van der Waals surface area contributed by atoms with Crippen molar-refractivity contribution in [3.63, 3.8) is 0 Å². The van der Waals surface area contributed by atoms with Crippen molar-refractivity contribution in [2.45, 2.75) is 6.42 Å². The van der Waals surface area contributed by atoms with Gasteiger partial charge in [-0.2, -0.15) is 0 Å². The van der Waals surface area contributed by atoms with Crippen LogP contribution >= 0.6 is 11.8 Å². The Kier molecular flexibility index (Phi) is 7.43. The minimum atomic E-state index is -0.445. The molecule has 1 heterocycles. The third-order valence-electron chi connectivity index (χ3n) is 3.36. The fourth-order valence-corrected chi connectivity index (χ4v) is 2.89. The molecule has 0 radical (unpaired) electrons. The maximum absolute atomic E-state index is 12.3. The third-order valence-corrected chi connectivity index (χ3v) is 4.28. The molecule has 1 fully saturated rings. The molecule has 132 valence electrons. The van der Waals surface area contributed by atoms with Crippen LogP contribution in [0.5, 0.6) is 0 Å². The maximum Gasteiger partial charge on any atom is 0.294 e. The Labute approximate surface area is 150 Å². The zero-order chi connectivity index (χ0) is 18.1. The lowest BCUT2D eigenvalue weighted by Crippen LogP contribution is -2.39. The molecule has 0 spiro atoms. The zero-order valence-electron chi connectivity index (χ0n) is 13.9. The van der Waals surface area contributed by atoms with Crippen LogP contribution in [0.4, 0.5) is 4.79 Å². The van der Waals surface area contributed by atoms with E-state index in [9.17, 15) is 14.4 Å². The summed E-state index contributed by atoms with van der Waals surface area (Å²) < 4.78 is 4.89. The summed E-state index contributed by atoms with van der Waals surface area (Å²) in [6.45, 7) is 0.717. The molecule has 1 N–H and O–H groups in total. The van der Waals surface area contributed by atoms with Gasteiger partial charge >= 0.3 is 0 Å². The number of amides is 3. The first-order valence-corrected chi connectivity index (χ1v) is 8.66. The molecule has 1 aromatic carbocycles. The van der Waals surface area contributed by atoms with Crippen molar-refractivity contribution in [1.82, 2.24) is 10.2 Å². The Morgan fingerprint density at radius 2 is 2.04 bits per heavy atom. The minimum absolute atomic E-state index is 0.266. The van der Waals surface area contributed by atoms with Crippen LogP contribution in [-0.2, 0) is 14.3 Å². The summed E-state index contributed by atoms with van der Waals surface area (Å²) in [7, 11) is 1.58. The molecule has 0 saturated carbocycles. The molecule has 0 bridgehead atoms. The largest absolute Gasteiger partial charge is 0.385 e. The van der Waals surface area contributed by atoms with Gasteiger partial charge < -0.3 is 10.1 Å². The number of thioether (sulfide) groups is 1. The molecule has 25 heavy (non-hydrogen) atoms.